The molecule has 0 aliphatic heterocycles. The number of hydrogen-bond acceptors (Lipinski definition) is 3. The van der Waals surface area contributed by atoms with Gasteiger partial charge in [0.15, 0.2) is 5.11 Å². The van der Waals surface area contributed by atoms with Gasteiger partial charge in [0.2, 0.25) is 0 Å². The predicted molar refractivity (Wildman–Crippen MR) is 58.9 cm³/mol. The fourth-order valence-corrected chi connectivity index (χ4v) is 1.65. The zero-order chi connectivity index (χ0) is 9.68. The minimum absolute atomic E-state index is 0.441. The lowest BCUT2D eigenvalue weighted by atomic mass is 10.2. The van der Waals surface area contributed by atoms with E-state index >= 15 is 0 Å². The van der Waals surface area contributed by atoms with E-state index in [1.54, 1.807) is 18.4 Å². The average molecular weight is 216 g/mol. The SMILES string of the molecule is CNC(=S)NCC(O)c1ccsc1. The Morgan fingerprint density at radius 2 is 2.54 bits per heavy atom. The van der Waals surface area contributed by atoms with Gasteiger partial charge in [-0.1, -0.05) is 0 Å². The fourth-order valence-electron chi connectivity index (χ4n) is 0.860. The van der Waals surface area contributed by atoms with E-state index < -0.39 is 6.10 Å². The molecule has 1 unspecified atom stereocenters. The summed E-state index contributed by atoms with van der Waals surface area (Å²) in [5, 5.41) is 19.7. The Balaban J connectivity index is 2.34. The molecule has 3 nitrogen and oxygen atoms in total. The molecule has 72 valence electrons. The Labute approximate surface area is 86.8 Å². The normalized spacial score (nSPS) is 12.2. The van der Waals surface area contributed by atoms with Crippen LogP contribution in [0.1, 0.15) is 11.7 Å². The van der Waals surface area contributed by atoms with Crippen LogP contribution in [0.4, 0.5) is 0 Å². The van der Waals surface area contributed by atoms with Crippen LogP contribution in [0.2, 0.25) is 0 Å². The minimum Gasteiger partial charge on any atom is -0.387 e. The molecule has 0 amide bonds. The summed E-state index contributed by atoms with van der Waals surface area (Å²) in [4.78, 5) is 0. The second-order valence-corrected chi connectivity index (χ2v) is 3.72. The lowest BCUT2D eigenvalue weighted by Crippen LogP contribution is -2.35. The maximum absolute atomic E-state index is 9.61. The van der Waals surface area contributed by atoms with Gasteiger partial charge in [0, 0.05) is 13.6 Å². The van der Waals surface area contributed by atoms with Crippen molar-refractivity contribution in [3.63, 3.8) is 0 Å². The van der Waals surface area contributed by atoms with E-state index in [1.807, 2.05) is 16.8 Å². The first-order chi connectivity index (χ1) is 6.24. The van der Waals surface area contributed by atoms with Crippen LogP contribution in [0.3, 0.4) is 0 Å². The van der Waals surface area contributed by atoms with Crippen molar-refractivity contribution in [1.29, 1.82) is 0 Å². The molecule has 13 heavy (non-hydrogen) atoms. The number of hydrogen-bond donors (Lipinski definition) is 3. The standard InChI is InChI=1S/C8H12N2OS2/c1-9-8(12)10-4-7(11)6-2-3-13-5-6/h2-3,5,7,11H,4H2,1H3,(H2,9,10,12). The monoisotopic (exact) mass is 216 g/mol. The molecule has 0 aromatic carbocycles. The Bertz CT molecular complexity index is 261. The third-order valence-corrected chi connectivity index (χ3v) is 2.66. The number of aliphatic hydroxyl groups excluding tert-OH is 1. The lowest BCUT2D eigenvalue weighted by Gasteiger charge is -2.11. The van der Waals surface area contributed by atoms with Gasteiger partial charge in [-0.15, -0.1) is 0 Å². The van der Waals surface area contributed by atoms with Crippen molar-refractivity contribution in [2.45, 2.75) is 6.10 Å². The van der Waals surface area contributed by atoms with Gasteiger partial charge >= 0.3 is 0 Å². The van der Waals surface area contributed by atoms with Crippen LogP contribution in [-0.2, 0) is 0 Å². The topological polar surface area (TPSA) is 44.3 Å². The van der Waals surface area contributed by atoms with Crippen LogP contribution in [-0.4, -0.2) is 23.8 Å². The summed E-state index contributed by atoms with van der Waals surface area (Å²) in [6.45, 7) is 0.441. The summed E-state index contributed by atoms with van der Waals surface area (Å²) < 4.78 is 0. The second-order valence-electron chi connectivity index (χ2n) is 2.53. The zero-order valence-electron chi connectivity index (χ0n) is 7.28. The minimum atomic E-state index is -0.488. The summed E-state index contributed by atoms with van der Waals surface area (Å²) in [6, 6.07) is 1.90. The van der Waals surface area contributed by atoms with Crippen molar-refractivity contribution in [2.24, 2.45) is 0 Å². The van der Waals surface area contributed by atoms with E-state index in [0.717, 1.165) is 5.56 Å². The third kappa shape index (κ3) is 3.30. The molecule has 0 aliphatic rings. The fraction of sp³-hybridized carbons (Fsp3) is 0.375. The van der Waals surface area contributed by atoms with Gasteiger partial charge in [0.25, 0.3) is 0 Å². The molecule has 1 aromatic rings. The molecule has 0 bridgehead atoms. The number of aliphatic hydroxyl groups is 1. The van der Waals surface area contributed by atoms with Crippen LogP contribution in [0.25, 0.3) is 0 Å². The first kappa shape index (κ1) is 10.4. The van der Waals surface area contributed by atoms with Crippen LogP contribution >= 0.6 is 23.6 Å². The molecule has 1 aromatic heterocycles. The van der Waals surface area contributed by atoms with Gasteiger partial charge in [-0.25, -0.2) is 0 Å². The summed E-state index contributed by atoms with van der Waals surface area (Å²) in [7, 11) is 1.74. The van der Waals surface area contributed by atoms with Gasteiger partial charge in [0.05, 0.1) is 6.10 Å². The van der Waals surface area contributed by atoms with Gasteiger partial charge in [-0.3, -0.25) is 0 Å². The molecule has 0 spiro atoms. The van der Waals surface area contributed by atoms with Crippen molar-refractivity contribution >= 4 is 28.7 Å². The maximum atomic E-state index is 9.61. The average Bonchev–Trinajstić information content (AvgIpc) is 2.66. The molecule has 1 heterocycles. The molecular formula is C8H12N2OS2. The molecule has 0 saturated carbocycles. The van der Waals surface area contributed by atoms with E-state index in [1.165, 1.54) is 0 Å². The van der Waals surface area contributed by atoms with Crippen molar-refractivity contribution < 1.29 is 5.11 Å². The third-order valence-electron chi connectivity index (χ3n) is 1.61. The van der Waals surface area contributed by atoms with Crippen LogP contribution in [0, 0.1) is 0 Å². The smallest absolute Gasteiger partial charge is 0.166 e. The lowest BCUT2D eigenvalue weighted by molar-refractivity contribution is 0.181. The van der Waals surface area contributed by atoms with Gasteiger partial charge in [0.1, 0.15) is 0 Å². The van der Waals surface area contributed by atoms with E-state index in [-0.39, 0.29) is 0 Å². The maximum Gasteiger partial charge on any atom is 0.166 e. The second kappa shape index (κ2) is 5.16. The molecule has 5 heteroatoms. The Morgan fingerprint density at radius 1 is 1.77 bits per heavy atom. The van der Waals surface area contributed by atoms with Crippen LogP contribution in [0.5, 0.6) is 0 Å². The van der Waals surface area contributed by atoms with E-state index in [2.05, 4.69) is 10.6 Å². The van der Waals surface area contributed by atoms with Crippen molar-refractivity contribution in [2.75, 3.05) is 13.6 Å². The summed E-state index contributed by atoms with van der Waals surface area (Å²) >= 11 is 6.44. The predicted octanol–water partition coefficient (Wildman–Crippen LogP) is 0.875. The molecule has 0 fully saturated rings. The van der Waals surface area contributed by atoms with Crippen molar-refractivity contribution in [3.05, 3.63) is 22.4 Å². The van der Waals surface area contributed by atoms with Crippen LogP contribution < -0.4 is 10.6 Å². The van der Waals surface area contributed by atoms with Crippen LogP contribution in [0.15, 0.2) is 16.8 Å². The molecule has 0 radical (unpaired) electrons. The number of thiocarbonyl (C=S) groups is 1. The Morgan fingerprint density at radius 3 is 3.08 bits per heavy atom. The highest BCUT2D eigenvalue weighted by Crippen LogP contribution is 2.14. The molecular weight excluding hydrogens is 204 g/mol. The molecule has 0 saturated heterocycles. The van der Waals surface area contributed by atoms with E-state index in [9.17, 15) is 5.11 Å². The molecule has 1 atom stereocenters. The van der Waals surface area contributed by atoms with E-state index in [0.29, 0.717) is 11.7 Å². The summed E-state index contributed by atoms with van der Waals surface area (Å²) in [5.41, 5.74) is 0.927. The zero-order valence-corrected chi connectivity index (χ0v) is 8.91. The van der Waals surface area contributed by atoms with Crippen molar-refractivity contribution in [3.8, 4) is 0 Å². The highest BCUT2D eigenvalue weighted by molar-refractivity contribution is 7.80. The van der Waals surface area contributed by atoms with Crippen molar-refractivity contribution in [1.82, 2.24) is 10.6 Å². The Hall–Kier alpha value is -0.650. The number of nitrogens with one attached hydrogen (secondary N) is 2. The quantitative estimate of drug-likeness (QED) is 0.656. The summed E-state index contributed by atoms with van der Waals surface area (Å²) in [6.07, 6.45) is -0.488. The Kier molecular flexibility index (Phi) is 4.14. The van der Waals surface area contributed by atoms with Gasteiger partial charge < -0.3 is 15.7 Å². The van der Waals surface area contributed by atoms with Gasteiger partial charge in [-0.2, -0.15) is 11.3 Å². The first-order valence-electron chi connectivity index (χ1n) is 3.89. The van der Waals surface area contributed by atoms with Gasteiger partial charge in [-0.05, 0) is 34.6 Å². The summed E-state index contributed by atoms with van der Waals surface area (Å²) in [5.74, 6) is 0. The largest absolute Gasteiger partial charge is 0.387 e. The highest BCUT2D eigenvalue weighted by atomic mass is 32.1. The molecule has 0 aliphatic carbocycles. The first-order valence-corrected chi connectivity index (χ1v) is 5.25. The highest BCUT2D eigenvalue weighted by Gasteiger charge is 2.07. The van der Waals surface area contributed by atoms with E-state index in [4.69, 9.17) is 12.2 Å². The molecule has 1 rings (SSSR count). The molecule has 3 N–H and O–H groups in total. The number of thiophene rings is 1. The number of rotatable bonds is 3.